The van der Waals surface area contributed by atoms with Crippen LogP contribution in [-0.2, 0) is 11.3 Å². The Morgan fingerprint density at radius 2 is 2.27 bits per heavy atom. The van der Waals surface area contributed by atoms with E-state index < -0.39 is 0 Å². The molecule has 4 heteroatoms. The molecule has 2 atom stereocenters. The van der Waals surface area contributed by atoms with Crippen LogP contribution in [0, 0.1) is 5.92 Å². The van der Waals surface area contributed by atoms with Gasteiger partial charge in [-0.2, -0.15) is 0 Å². The first-order valence-corrected chi connectivity index (χ1v) is 5.93. The average Bonchev–Trinajstić information content (AvgIpc) is 2.67. The second-order valence-corrected chi connectivity index (χ2v) is 4.95. The van der Waals surface area contributed by atoms with Gasteiger partial charge in [0.05, 0.1) is 12.5 Å². The normalized spacial score (nSPS) is 14.7. The van der Waals surface area contributed by atoms with Gasteiger partial charge in [-0.05, 0) is 18.4 Å². The zero-order valence-corrected chi connectivity index (χ0v) is 10.3. The van der Waals surface area contributed by atoms with Crippen LogP contribution < -0.4 is 5.73 Å². The third-order valence-electron chi connectivity index (χ3n) is 2.53. The zero-order chi connectivity index (χ0) is 11.4. The molecule has 0 saturated carbocycles. The molecule has 0 aliphatic carbocycles. The maximum absolute atomic E-state index is 11.9. The van der Waals surface area contributed by atoms with Crippen molar-refractivity contribution in [3.05, 3.63) is 22.4 Å². The van der Waals surface area contributed by atoms with Crippen molar-refractivity contribution in [1.82, 2.24) is 4.90 Å². The lowest BCUT2D eigenvalue weighted by molar-refractivity contribution is -0.134. The number of rotatable bonds is 4. The van der Waals surface area contributed by atoms with E-state index in [0.717, 1.165) is 0 Å². The predicted octanol–water partition coefficient (Wildman–Crippen LogP) is 1.69. The molecule has 0 saturated heterocycles. The summed E-state index contributed by atoms with van der Waals surface area (Å²) in [6.07, 6.45) is 0. The summed E-state index contributed by atoms with van der Waals surface area (Å²) < 4.78 is 0. The Morgan fingerprint density at radius 3 is 2.73 bits per heavy atom. The van der Waals surface area contributed by atoms with Gasteiger partial charge in [-0.1, -0.05) is 13.0 Å². The van der Waals surface area contributed by atoms with Gasteiger partial charge in [-0.25, -0.2) is 0 Å². The molecule has 0 aliphatic heterocycles. The highest BCUT2D eigenvalue weighted by atomic mass is 32.1. The van der Waals surface area contributed by atoms with Crippen LogP contribution in [0.2, 0.25) is 0 Å². The second-order valence-electron chi connectivity index (χ2n) is 3.92. The molecule has 15 heavy (non-hydrogen) atoms. The molecule has 1 aromatic rings. The molecule has 0 fully saturated rings. The number of hydrogen-bond donors (Lipinski definition) is 1. The standard InChI is InChI=1S/C11H18N2OS/c1-8(9(2)12)11(14)13(3)7-10-5-4-6-15-10/h4-6,8-9H,7,12H2,1-3H3. The molecule has 0 bridgehead atoms. The van der Waals surface area contributed by atoms with Gasteiger partial charge in [0.15, 0.2) is 0 Å². The van der Waals surface area contributed by atoms with Crippen LogP contribution >= 0.6 is 11.3 Å². The largest absolute Gasteiger partial charge is 0.340 e. The van der Waals surface area contributed by atoms with Crippen LogP contribution in [-0.4, -0.2) is 23.9 Å². The van der Waals surface area contributed by atoms with Crippen LogP contribution in [0.5, 0.6) is 0 Å². The minimum absolute atomic E-state index is 0.0942. The van der Waals surface area contributed by atoms with E-state index in [2.05, 4.69) is 0 Å². The van der Waals surface area contributed by atoms with Crippen LogP contribution in [0.4, 0.5) is 0 Å². The summed E-state index contributed by atoms with van der Waals surface area (Å²) in [5.74, 6) is -0.00615. The van der Waals surface area contributed by atoms with E-state index >= 15 is 0 Å². The molecule has 3 nitrogen and oxygen atoms in total. The summed E-state index contributed by atoms with van der Waals surface area (Å²) in [5.41, 5.74) is 5.70. The summed E-state index contributed by atoms with van der Waals surface area (Å²) in [6.45, 7) is 4.41. The number of nitrogens with two attached hydrogens (primary N) is 1. The third-order valence-corrected chi connectivity index (χ3v) is 3.39. The molecule has 1 heterocycles. The van der Waals surface area contributed by atoms with E-state index in [0.29, 0.717) is 6.54 Å². The van der Waals surface area contributed by atoms with Crippen LogP contribution in [0.3, 0.4) is 0 Å². The number of nitrogens with zero attached hydrogens (tertiary/aromatic N) is 1. The lowest BCUT2D eigenvalue weighted by Crippen LogP contribution is -2.39. The number of carbonyl (C=O) groups is 1. The smallest absolute Gasteiger partial charge is 0.227 e. The Hall–Kier alpha value is -0.870. The van der Waals surface area contributed by atoms with E-state index in [1.54, 1.807) is 16.2 Å². The first-order chi connectivity index (χ1) is 7.02. The van der Waals surface area contributed by atoms with Crippen molar-refractivity contribution in [1.29, 1.82) is 0 Å². The van der Waals surface area contributed by atoms with Gasteiger partial charge in [0, 0.05) is 18.0 Å². The number of hydrogen-bond acceptors (Lipinski definition) is 3. The van der Waals surface area contributed by atoms with Gasteiger partial charge in [0.2, 0.25) is 5.91 Å². The van der Waals surface area contributed by atoms with Crippen LogP contribution in [0.25, 0.3) is 0 Å². The Bertz CT molecular complexity index is 308. The van der Waals surface area contributed by atoms with Crippen molar-refractivity contribution in [3.8, 4) is 0 Å². The molecule has 0 aromatic carbocycles. The minimum atomic E-state index is -0.116. The lowest BCUT2D eigenvalue weighted by Gasteiger charge is -2.22. The van der Waals surface area contributed by atoms with Crippen molar-refractivity contribution in [2.24, 2.45) is 11.7 Å². The molecular formula is C11H18N2OS. The zero-order valence-electron chi connectivity index (χ0n) is 9.43. The highest BCUT2D eigenvalue weighted by Gasteiger charge is 2.20. The fourth-order valence-electron chi connectivity index (χ4n) is 1.29. The monoisotopic (exact) mass is 226 g/mol. The van der Waals surface area contributed by atoms with Gasteiger partial charge in [0.25, 0.3) is 0 Å². The quantitative estimate of drug-likeness (QED) is 0.849. The fourth-order valence-corrected chi connectivity index (χ4v) is 2.04. The highest BCUT2D eigenvalue weighted by molar-refractivity contribution is 7.09. The molecule has 0 spiro atoms. The van der Waals surface area contributed by atoms with E-state index in [1.165, 1.54) is 4.88 Å². The van der Waals surface area contributed by atoms with Crippen molar-refractivity contribution in [2.75, 3.05) is 7.05 Å². The summed E-state index contributed by atoms with van der Waals surface area (Å²) in [4.78, 5) is 14.8. The van der Waals surface area contributed by atoms with Crippen molar-refractivity contribution in [3.63, 3.8) is 0 Å². The van der Waals surface area contributed by atoms with Gasteiger partial charge in [-0.15, -0.1) is 11.3 Å². The van der Waals surface area contributed by atoms with E-state index in [4.69, 9.17) is 5.73 Å². The van der Waals surface area contributed by atoms with E-state index in [9.17, 15) is 4.79 Å². The van der Waals surface area contributed by atoms with E-state index in [-0.39, 0.29) is 17.9 Å². The molecule has 2 unspecified atom stereocenters. The third kappa shape index (κ3) is 3.32. The SMILES string of the molecule is CC(N)C(C)C(=O)N(C)Cc1cccs1. The minimum Gasteiger partial charge on any atom is -0.340 e. The van der Waals surface area contributed by atoms with Gasteiger partial charge < -0.3 is 10.6 Å². The van der Waals surface area contributed by atoms with Gasteiger partial charge in [-0.3, -0.25) is 4.79 Å². The first-order valence-electron chi connectivity index (χ1n) is 5.05. The number of thiophene rings is 1. The maximum atomic E-state index is 11.9. The van der Waals surface area contributed by atoms with Crippen molar-refractivity contribution in [2.45, 2.75) is 26.4 Å². The van der Waals surface area contributed by atoms with Crippen LogP contribution in [0.1, 0.15) is 18.7 Å². The molecule has 84 valence electrons. The summed E-state index contributed by atoms with van der Waals surface area (Å²) in [7, 11) is 1.82. The Balaban J connectivity index is 2.54. The van der Waals surface area contributed by atoms with Crippen molar-refractivity contribution < 1.29 is 4.79 Å². The molecule has 0 radical (unpaired) electrons. The van der Waals surface area contributed by atoms with Crippen molar-refractivity contribution >= 4 is 17.2 Å². The number of carbonyl (C=O) groups excluding carboxylic acids is 1. The topological polar surface area (TPSA) is 46.3 Å². The lowest BCUT2D eigenvalue weighted by atomic mass is 10.0. The molecule has 1 amide bonds. The second kappa shape index (κ2) is 5.28. The fraction of sp³-hybridized carbons (Fsp3) is 0.545. The first kappa shape index (κ1) is 12.2. The Labute approximate surface area is 94.9 Å². The maximum Gasteiger partial charge on any atom is 0.227 e. The summed E-state index contributed by atoms with van der Waals surface area (Å²) in [5, 5.41) is 2.02. The molecule has 2 N–H and O–H groups in total. The van der Waals surface area contributed by atoms with Crippen LogP contribution in [0.15, 0.2) is 17.5 Å². The van der Waals surface area contributed by atoms with Gasteiger partial charge in [0.1, 0.15) is 0 Å². The Kier molecular flexibility index (Phi) is 4.29. The molecular weight excluding hydrogens is 208 g/mol. The molecule has 1 aromatic heterocycles. The number of amides is 1. The summed E-state index contributed by atoms with van der Waals surface area (Å²) >= 11 is 1.66. The van der Waals surface area contributed by atoms with E-state index in [1.807, 2.05) is 38.4 Å². The highest BCUT2D eigenvalue weighted by Crippen LogP contribution is 2.13. The van der Waals surface area contributed by atoms with Gasteiger partial charge >= 0.3 is 0 Å². The Morgan fingerprint density at radius 1 is 1.60 bits per heavy atom. The summed E-state index contributed by atoms with van der Waals surface area (Å²) in [6, 6.07) is 3.93. The average molecular weight is 226 g/mol. The predicted molar refractivity (Wildman–Crippen MR) is 63.6 cm³/mol. The molecule has 0 aliphatic rings. The molecule has 1 rings (SSSR count).